The lowest BCUT2D eigenvalue weighted by atomic mass is 9.95. The highest BCUT2D eigenvalue weighted by molar-refractivity contribution is 7.90. The molecule has 0 aliphatic heterocycles. The maximum absolute atomic E-state index is 12.7. The summed E-state index contributed by atoms with van der Waals surface area (Å²) in [5, 5.41) is 19.1. The quantitative estimate of drug-likeness (QED) is 0.402. The number of nitrogens with one attached hydrogen (secondary N) is 2. The van der Waals surface area contributed by atoms with Gasteiger partial charge in [-0.3, -0.25) is 10.1 Å². The highest BCUT2D eigenvalue weighted by Crippen LogP contribution is 2.29. The van der Waals surface area contributed by atoms with Gasteiger partial charge in [-0.1, -0.05) is 50.2 Å². The van der Waals surface area contributed by atoms with Gasteiger partial charge in [-0.15, -0.1) is 0 Å². The number of nitriles is 1. The van der Waals surface area contributed by atoms with Crippen LogP contribution in [0.4, 0.5) is 0 Å². The van der Waals surface area contributed by atoms with Crippen LogP contribution < -0.4 is 10.6 Å². The minimum atomic E-state index is -3.24. The Kier molecular flexibility index (Phi) is 8.61. The molecule has 0 radical (unpaired) electrons. The van der Waals surface area contributed by atoms with E-state index in [1.54, 1.807) is 35.6 Å². The Hall–Kier alpha value is -2.99. The van der Waals surface area contributed by atoms with Gasteiger partial charge in [0.05, 0.1) is 23.0 Å². The highest BCUT2D eigenvalue weighted by atomic mass is 32.2. The van der Waals surface area contributed by atoms with E-state index in [1.165, 1.54) is 6.26 Å². The van der Waals surface area contributed by atoms with Gasteiger partial charge in [-0.05, 0) is 63.6 Å². The van der Waals surface area contributed by atoms with Gasteiger partial charge >= 0.3 is 0 Å². The Morgan fingerprint density at radius 3 is 2.12 bits per heavy atom. The molecule has 0 aliphatic rings. The first kappa shape index (κ1) is 25.6. The van der Waals surface area contributed by atoms with Crippen molar-refractivity contribution < 1.29 is 13.2 Å². The molecule has 0 aliphatic carbocycles. The largest absolute Gasteiger partial charge is 0.342 e. The Morgan fingerprint density at radius 2 is 1.62 bits per heavy atom. The van der Waals surface area contributed by atoms with E-state index in [2.05, 4.69) is 29.9 Å². The lowest BCUT2D eigenvalue weighted by Crippen LogP contribution is -2.46. The van der Waals surface area contributed by atoms with E-state index in [0.29, 0.717) is 17.2 Å². The molecule has 178 valence electrons. The second-order valence-corrected chi connectivity index (χ2v) is 11.4. The van der Waals surface area contributed by atoms with Crippen molar-refractivity contribution >= 4 is 27.1 Å². The van der Waals surface area contributed by atoms with Crippen molar-refractivity contribution in [1.82, 2.24) is 10.6 Å². The predicted octanol–water partition coefficient (Wildman–Crippen LogP) is 4.55. The number of hydrogen-bond acceptors (Lipinski definition) is 6. The van der Waals surface area contributed by atoms with E-state index >= 15 is 0 Å². The van der Waals surface area contributed by atoms with Crippen LogP contribution in [0, 0.1) is 17.2 Å². The summed E-state index contributed by atoms with van der Waals surface area (Å²) in [6, 6.07) is 18.3. The molecule has 1 heterocycles. The van der Waals surface area contributed by atoms with Crippen LogP contribution in [0.5, 0.6) is 0 Å². The Morgan fingerprint density at radius 1 is 1.00 bits per heavy atom. The number of carbonyl (C=O) groups is 1. The molecule has 2 atom stereocenters. The zero-order valence-corrected chi connectivity index (χ0v) is 21.1. The number of thiophene rings is 1. The molecule has 3 rings (SSSR count). The highest BCUT2D eigenvalue weighted by Gasteiger charge is 2.25. The molecular formula is C26H29N3O3S2. The minimum absolute atomic E-state index is 0.0228. The van der Waals surface area contributed by atoms with Crippen LogP contribution >= 0.6 is 11.3 Å². The first-order valence-electron chi connectivity index (χ1n) is 11.0. The summed E-state index contributed by atoms with van der Waals surface area (Å²) >= 11 is 1.60. The fourth-order valence-corrected chi connectivity index (χ4v) is 5.08. The van der Waals surface area contributed by atoms with Crippen molar-refractivity contribution in [3.63, 3.8) is 0 Å². The van der Waals surface area contributed by atoms with Crippen LogP contribution in [-0.4, -0.2) is 33.2 Å². The molecule has 0 bridgehead atoms. The van der Waals surface area contributed by atoms with E-state index in [4.69, 9.17) is 5.26 Å². The Bertz CT molecular complexity index is 1230. The molecule has 34 heavy (non-hydrogen) atoms. The number of sulfone groups is 1. The van der Waals surface area contributed by atoms with Gasteiger partial charge in [0.1, 0.15) is 6.54 Å². The third kappa shape index (κ3) is 6.76. The van der Waals surface area contributed by atoms with Crippen LogP contribution in [0.3, 0.4) is 0 Å². The van der Waals surface area contributed by atoms with Crippen molar-refractivity contribution in [2.24, 2.45) is 5.92 Å². The molecule has 1 amide bonds. The summed E-state index contributed by atoms with van der Waals surface area (Å²) in [5.41, 5.74) is 3.97. The fourth-order valence-electron chi connectivity index (χ4n) is 3.76. The van der Waals surface area contributed by atoms with Gasteiger partial charge in [-0.25, -0.2) is 8.42 Å². The summed E-state index contributed by atoms with van der Waals surface area (Å²) < 4.78 is 23.4. The maximum atomic E-state index is 12.7. The number of nitrogens with zero attached hydrogens (tertiary/aromatic N) is 1. The number of benzene rings is 2. The lowest BCUT2D eigenvalue weighted by Gasteiger charge is -2.26. The van der Waals surface area contributed by atoms with Crippen molar-refractivity contribution in [1.29, 1.82) is 5.26 Å². The average Bonchev–Trinajstić information content (AvgIpc) is 3.34. The molecular weight excluding hydrogens is 466 g/mol. The third-order valence-corrected chi connectivity index (χ3v) is 7.30. The van der Waals surface area contributed by atoms with Gasteiger partial charge in [0.25, 0.3) is 0 Å². The topological polar surface area (TPSA) is 99.1 Å². The SMILES string of the molecule is CC(C)C[C@H](NC(c1ccc(-c2ccc(S(C)(=O)=O)cc2)cc1)c1ccsc1)C(=O)NCC#N. The normalized spacial score (nSPS) is 13.3. The molecule has 0 saturated carbocycles. The maximum Gasteiger partial charge on any atom is 0.237 e. The standard InChI is InChI=1S/C26H29N3O3S2/c1-18(2)16-24(26(30)28-14-13-27)29-25(22-12-15-33-17-22)21-6-4-19(5-7-21)20-8-10-23(11-9-20)34(3,31)32/h4-12,15,17-18,24-25,29H,14,16H2,1-3H3,(H,28,30)/t24-,25?/m0/s1. The first-order valence-corrected chi connectivity index (χ1v) is 13.9. The number of rotatable bonds is 10. The van der Waals surface area contributed by atoms with Crippen molar-refractivity contribution in [3.05, 3.63) is 76.5 Å². The summed E-state index contributed by atoms with van der Waals surface area (Å²) in [4.78, 5) is 13.0. The molecule has 3 aromatic rings. The van der Waals surface area contributed by atoms with Crippen LogP contribution in [0.2, 0.25) is 0 Å². The summed E-state index contributed by atoms with van der Waals surface area (Å²) in [7, 11) is -3.24. The minimum Gasteiger partial charge on any atom is -0.342 e. The first-order chi connectivity index (χ1) is 16.2. The smallest absolute Gasteiger partial charge is 0.237 e. The van der Waals surface area contributed by atoms with Crippen molar-refractivity contribution in [2.75, 3.05) is 12.8 Å². The summed E-state index contributed by atoms with van der Waals surface area (Å²) in [5.74, 6) is 0.115. The van der Waals surface area contributed by atoms with E-state index < -0.39 is 15.9 Å². The number of hydrogen-bond donors (Lipinski definition) is 2. The van der Waals surface area contributed by atoms with Crippen LogP contribution in [0.25, 0.3) is 11.1 Å². The van der Waals surface area contributed by atoms with Crippen LogP contribution in [0.1, 0.15) is 37.4 Å². The van der Waals surface area contributed by atoms with Gasteiger partial charge in [-0.2, -0.15) is 16.6 Å². The van der Waals surface area contributed by atoms with Crippen molar-refractivity contribution in [3.8, 4) is 17.2 Å². The molecule has 8 heteroatoms. The van der Waals surface area contributed by atoms with Gasteiger partial charge < -0.3 is 5.32 Å². The van der Waals surface area contributed by atoms with E-state index in [-0.39, 0.29) is 18.5 Å². The van der Waals surface area contributed by atoms with E-state index in [9.17, 15) is 13.2 Å². The second kappa shape index (κ2) is 11.4. The van der Waals surface area contributed by atoms with Gasteiger partial charge in [0, 0.05) is 6.26 Å². The lowest BCUT2D eigenvalue weighted by molar-refractivity contribution is -0.123. The number of amides is 1. The molecule has 1 aromatic heterocycles. The zero-order chi connectivity index (χ0) is 24.7. The van der Waals surface area contributed by atoms with Gasteiger partial charge in [0.2, 0.25) is 5.91 Å². The predicted molar refractivity (Wildman–Crippen MR) is 136 cm³/mol. The second-order valence-electron chi connectivity index (χ2n) is 8.63. The van der Waals surface area contributed by atoms with Crippen LogP contribution in [-0.2, 0) is 14.6 Å². The molecule has 0 saturated heterocycles. The molecule has 1 unspecified atom stereocenters. The summed E-state index contributed by atoms with van der Waals surface area (Å²) in [6.07, 6.45) is 1.84. The molecule has 0 fully saturated rings. The monoisotopic (exact) mass is 495 g/mol. The molecule has 0 spiro atoms. The Labute approximate surface area is 205 Å². The number of carbonyl (C=O) groups excluding carboxylic acids is 1. The molecule has 6 nitrogen and oxygen atoms in total. The summed E-state index contributed by atoms with van der Waals surface area (Å²) in [6.45, 7) is 4.11. The molecule has 2 N–H and O–H groups in total. The van der Waals surface area contributed by atoms with Crippen molar-refractivity contribution in [2.45, 2.75) is 37.2 Å². The van der Waals surface area contributed by atoms with Gasteiger partial charge in [0.15, 0.2) is 9.84 Å². The Balaban J connectivity index is 1.88. The average molecular weight is 496 g/mol. The van der Waals surface area contributed by atoms with Crippen LogP contribution in [0.15, 0.2) is 70.3 Å². The third-order valence-electron chi connectivity index (χ3n) is 5.47. The fraction of sp³-hybridized carbons (Fsp3) is 0.308. The molecule has 2 aromatic carbocycles. The zero-order valence-electron chi connectivity index (χ0n) is 19.5. The van der Waals surface area contributed by atoms with E-state index in [0.717, 1.165) is 22.3 Å². The van der Waals surface area contributed by atoms with E-state index in [1.807, 2.05) is 41.8 Å².